The number of carbonyl (C=O) groups is 2. The molecule has 6 heteroatoms. The number of ether oxygens (including phenoxy) is 2. The van der Waals surface area contributed by atoms with Gasteiger partial charge in [0, 0.05) is 5.75 Å². The number of aliphatic hydroxyl groups excluding tert-OH is 1. The lowest BCUT2D eigenvalue weighted by Gasteiger charge is -2.14. The van der Waals surface area contributed by atoms with E-state index < -0.39 is 6.10 Å². The van der Waals surface area contributed by atoms with Gasteiger partial charge in [0.25, 0.3) is 0 Å². The molecule has 1 rings (SSSR count). The van der Waals surface area contributed by atoms with E-state index in [1.165, 1.54) is 5.56 Å². The third-order valence-corrected chi connectivity index (χ3v) is 5.28. The van der Waals surface area contributed by atoms with Gasteiger partial charge in [0.1, 0.15) is 19.3 Å². The quantitative estimate of drug-likeness (QED) is 0.441. The van der Waals surface area contributed by atoms with Crippen molar-refractivity contribution in [2.45, 2.75) is 45.6 Å². The van der Waals surface area contributed by atoms with E-state index in [-0.39, 0.29) is 31.1 Å². The highest BCUT2D eigenvalue weighted by molar-refractivity contribution is 7.99. The van der Waals surface area contributed by atoms with Crippen LogP contribution in [0.3, 0.4) is 0 Å². The minimum atomic E-state index is -0.988. The maximum Gasteiger partial charge on any atom is 0.308 e. The first-order chi connectivity index (χ1) is 12.4. The molecule has 0 bridgehead atoms. The fourth-order valence-electron chi connectivity index (χ4n) is 2.09. The summed E-state index contributed by atoms with van der Waals surface area (Å²) in [5.74, 6) is 1.15. The Hall–Kier alpha value is -1.53. The molecule has 0 saturated heterocycles. The summed E-state index contributed by atoms with van der Waals surface area (Å²) < 4.78 is 9.99. The van der Waals surface area contributed by atoms with E-state index >= 15 is 0 Å². The van der Waals surface area contributed by atoms with Gasteiger partial charge in [0.2, 0.25) is 0 Å². The minimum absolute atomic E-state index is 0.153. The number of rotatable bonds is 12. The smallest absolute Gasteiger partial charge is 0.308 e. The second-order valence-corrected chi connectivity index (χ2v) is 7.56. The summed E-state index contributed by atoms with van der Waals surface area (Å²) in [7, 11) is 0. The Balaban J connectivity index is 2.10. The minimum Gasteiger partial charge on any atom is -0.463 e. The predicted molar refractivity (Wildman–Crippen MR) is 104 cm³/mol. The SMILES string of the molecule is CCC(C)C(=O)OCC(O)COC(=O)CCSCC(C)c1ccccc1. The maximum atomic E-state index is 11.7. The molecule has 146 valence electrons. The average Bonchev–Trinajstić information content (AvgIpc) is 2.67. The van der Waals surface area contributed by atoms with Crippen LogP contribution in [0.2, 0.25) is 0 Å². The molecule has 0 aromatic heterocycles. The molecule has 0 saturated carbocycles. The third kappa shape index (κ3) is 9.25. The number of hydrogen-bond donors (Lipinski definition) is 1. The molecule has 0 heterocycles. The van der Waals surface area contributed by atoms with Crippen molar-refractivity contribution in [2.75, 3.05) is 24.7 Å². The Morgan fingerprint density at radius 1 is 1.12 bits per heavy atom. The highest BCUT2D eigenvalue weighted by atomic mass is 32.2. The fraction of sp³-hybridized carbons (Fsp3) is 0.600. The lowest BCUT2D eigenvalue weighted by atomic mass is 10.0. The van der Waals surface area contributed by atoms with Crippen LogP contribution in [0.15, 0.2) is 30.3 Å². The first-order valence-electron chi connectivity index (χ1n) is 9.07. The summed E-state index contributed by atoms with van der Waals surface area (Å²) in [6, 6.07) is 10.3. The number of esters is 2. The molecule has 0 radical (unpaired) electrons. The van der Waals surface area contributed by atoms with E-state index in [0.717, 1.165) is 5.75 Å². The lowest BCUT2D eigenvalue weighted by Crippen LogP contribution is -2.27. The van der Waals surface area contributed by atoms with Gasteiger partial charge in [-0.25, -0.2) is 0 Å². The van der Waals surface area contributed by atoms with Crippen LogP contribution >= 0.6 is 11.8 Å². The van der Waals surface area contributed by atoms with Crippen LogP contribution in [-0.2, 0) is 19.1 Å². The number of carbonyl (C=O) groups excluding carboxylic acids is 2. The van der Waals surface area contributed by atoms with Crippen LogP contribution in [-0.4, -0.2) is 47.9 Å². The van der Waals surface area contributed by atoms with Crippen molar-refractivity contribution in [1.29, 1.82) is 0 Å². The van der Waals surface area contributed by atoms with Gasteiger partial charge in [-0.05, 0) is 23.7 Å². The van der Waals surface area contributed by atoms with Gasteiger partial charge < -0.3 is 14.6 Å². The highest BCUT2D eigenvalue weighted by Gasteiger charge is 2.15. The van der Waals surface area contributed by atoms with E-state index in [1.54, 1.807) is 18.7 Å². The molecule has 0 aliphatic heterocycles. The number of aliphatic hydroxyl groups is 1. The van der Waals surface area contributed by atoms with Crippen molar-refractivity contribution in [3.8, 4) is 0 Å². The summed E-state index contributed by atoms with van der Waals surface area (Å²) in [5, 5.41) is 9.71. The Labute approximate surface area is 160 Å². The standard InChI is InChI=1S/C20H30O5S/c1-4-15(2)20(23)25-13-18(21)12-24-19(22)10-11-26-14-16(3)17-8-6-5-7-9-17/h5-9,15-16,18,21H,4,10-14H2,1-3H3. The summed E-state index contributed by atoms with van der Waals surface area (Å²) in [5.41, 5.74) is 1.29. The molecule has 0 aliphatic carbocycles. The van der Waals surface area contributed by atoms with Crippen LogP contribution in [0.5, 0.6) is 0 Å². The normalized spacial score (nSPS) is 14.3. The monoisotopic (exact) mass is 382 g/mol. The van der Waals surface area contributed by atoms with Crippen molar-refractivity contribution in [3.63, 3.8) is 0 Å². The maximum absolute atomic E-state index is 11.7. The highest BCUT2D eigenvalue weighted by Crippen LogP contribution is 2.20. The first kappa shape index (κ1) is 22.5. The second-order valence-electron chi connectivity index (χ2n) is 6.41. The van der Waals surface area contributed by atoms with Gasteiger partial charge in [0.15, 0.2) is 0 Å². The summed E-state index contributed by atoms with van der Waals surface area (Å²) in [6.07, 6.45) is -0.00606. The summed E-state index contributed by atoms with van der Waals surface area (Å²) in [6.45, 7) is 5.52. The molecular weight excluding hydrogens is 352 g/mol. The van der Waals surface area contributed by atoms with Crippen molar-refractivity contribution >= 4 is 23.7 Å². The van der Waals surface area contributed by atoms with Gasteiger partial charge in [-0.15, -0.1) is 0 Å². The molecule has 0 aliphatic rings. The van der Waals surface area contributed by atoms with Crippen LogP contribution in [0.1, 0.15) is 45.1 Å². The Morgan fingerprint density at radius 3 is 2.42 bits per heavy atom. The fourth-order valence-corrected chi connectivity index (χ4v) is 3.11. The molecule has 1 N–H and O–H groups in total. The third-order valence-electron chi connectivity index (χ3n) is 4.06. The summed E-state index contributed by atoms with van der Waals surface area (Å²) >= 11 is 1.71. The van der Waals surface area contributed by atoms with Gasteiger partial charge in [-0.2, -0.15) is 11.8 Å². The average molecular weight is 383 g/mol. The van der Waals surface area contributed by atoms with Gasteiger partial charge in [-0.1, -0.05) is 51.1 Å². The molecule has 5 nitrogen and oxygen atoms in total. The molecule has 0 fully saturated rings. The molecule has 0 amide bonds. The number of hydrogen-bond acceptors (Lipinski definition) is 6. The molecule has 1 aromatic carbocycles. The number of thioether (sulfide) groups is 1. The van der Waals surface area contributed by atoms with Crippen LogP contribution < -0.4 is 0 Å². The van der Waals surface area contributed by atoms with E-state index in [9.17, 15) is 14.7 Å². The van der Waals surface area contributed by atoms with Crippen LogP contribution in [0.4, 0.5) is 0 Å². The number of benzene rings is 1. The zero-order chi connectivity index (χ0) is 19.4. The zero-order valence-corrected chi connectivity index (χ0v) is 16.7. The Morgan fingerprint density at radius 2 is 1.77 bits per heavy atom. The molecule has 3 unspecified atom stereocenters. The molecular formula is C20H30O5S. The second kappa shape index (κ2) is 12.8. The predicted octanol–water partition coefficient (Wildman–Crippen LogP) is 3.41. The Kier molecular flexibility index (Phi) is 11.1. The van der Waals surface area contributed by atoms with Gasteiger partial charge in [-0.3, -0.25) is 9.59 Å². The topological polar surface area (TPSA) is 72.8 Å². The largest absolute Gasteiger partial charge is 0.463 e. The van der Waals surface area contributed by atoms with Gasteiger partial charge >= 0.3 is 11.9 Å². The van der Waals surface area contributed by atoms with E-state index in [1.807, 2.05) is 25.1 Å². The van der Waals surface area contributed by atoms with E-state index in [0.29, 0.717) is 24.5 Å². The van der Waals surface area contributed by atoms with Crippen LogP contribution in [0, 0.1) is 5.92 Å². The van der Waals surface area contributed by atoms with E-state index in [4.69, 9.17) is 9.47 Å². The zero-order valence-electron chi connectivity index (χ0n) is 15.8. The van der Waals surface area contributed by atoms with Crippen LogP contribution in [0.25, 0.3) is 0 Å². The summed E-state index contributed by atoms with van der Waals surface area (Å²) in [4.78, 5) is 23.2. The molecule has 0 spiro atoms. The van der Waals surface area contributed by atoms with Crippen molar-refractivity contribution in [1.82, 2.24) is 0 Å². The van der Waals surface area contributed by atoms with Crippen molar-refractivity contribution in [2.24, 2.45) is 5.92 Å². The Bertz CT molecular complexity index is 534. The first-order valence-corrected chi connectivity index (χ1v) is 10.2. The van der Waals surface area contributed by atoms with Gasteiger partial charge in [0.05, 0.1) is 12.3 Å². The molecule has 26 heavy (non-hydrogen) atoms. The lowest BCUT2D eigenvalue weighted by molar-refractivity contribution is -0.154. The van der Waals surface area contributed by atoms with E-state index in [2.05, 4.69) is 19.1 Å². The van der Waals surface area contributed by atoms with Crippen molar-refractivity contribution < 1.29 is 24.2 Å². The molecule has 3 atom stereocenters. The molecule has 1 aromatic rings. The van der Waals surface area contributed by atoms with Crippen molar-refractivity contribution in [3.05, 3.63) is 35.9 Å².